The molecule has 0 atom stereocenters. The van der Waals surface area contributed by atoms with Crippen LogP contribution in [0.3, 0.4) is 0 Å². The van der Waals surface area contributed by atoms with Crippen LogP contribution >= 0.6 is 0 Å². The first-order valence-corrected chi connectivity index (χ1v) is 8.98. The van der Waals surface area contributed by atoms with Crippen LogP contribution in [-0.4, -0.2) is 35.2 Å². The number of aromatic nitrogens is 2. The lowest BCUT2D eigenvalue weighted by atomic mass is 10.2. The van der Waals surface area contributed by atoms with Crippen LogP contribution < -0.4 is 4.74 Å². The second kappa shape index (κ2) is 8.17. The lowest BCUT2D eigenvalue weighted by Crippen LogP contribution is -2.16. The van der Waals surface area contributed by atoms with E-state index in [9.17, 15) is 0 Å². The third-order valence-electron chi connectivity index (χ3n) is 4.32. The number of fused-ring (bicyclic) bond motifs is 1. The van der Waals surface area contributed by atoms with Gasteiger partial charge in [0.25, 0.3) is 0 Å². The van der Waals surface area contributed by atoms with Crippen molar-refractivity contribution >= 4 is 11.0 Å². The zero-order valence-electron chi connectivity index (χ0n) is 15.4. The molecular formula is C21H27N3O. The van der Waals surface area contributed by atoms with E-state index in [0.29, 0.717) is 6.61 Å². The number of hydrogen-bond acceptors (Lipinski definition) is 3. The Hall–Kier alpha value is -2.33. The quantitative estimate of drug-likeness (QED) is 0.579. The second-order valence-corrected chi connectivity index (χ2v) is 6.61. The number of benzene rings is 2. The van der Waals surface area contributed by atoms with Gasteiger partial charge in [0.2, 0.25) is 0 Å². The fraction of sp³-hybridized carbons (Fsp3) is 0.381. The van der Waals surface area contributed by atoms with Crippen molar-refractivity contribution in [2.45, 2.75) is 32.9 Å². The maximum atomic E-state index is 5.89. The Kier molecular flexibility index (Phi) is 5.71. The van der Waals surface area contributed by atoms with Gasteiger partial charge in [-0.1, -0.05) is 31.2 Å². The van der Waals surface area contributed by atoms with Crippen molar-refractivity contribution in [3.05, 3.63) is 59.9 Å². The van der Waals surface area contributed by atoms with Gasteiger partial charge >= 0.3 is 0 Å². The van der Waals surface area contributed by atoms with Crippen molar-refractivity contribution in [3.8, 4) is 5.75 Å². The first-order valence-electron chi connectivity index (χ1n) is 8.98. The first kappa shape index (κ1) is 17.5. The summed E-state index contributed by atoms with van der Waals surface area (Å²) in [5.74, 6) is 2.06. The standard InChI is InChI=1S/C21H27N3O/c1-4-17-10-12-18(13-11-17)25-15-7-14-24-20-9-6-5-8-19(20)22-21(24)16-23(2)3/h5-6,8-13H,4,7,14-16H2,1-3H3. The van der Waals surface area contributed by atoms with Gasteiger partial charge in [-0.05, 0) is 56.8 Å². The summed E-state index contributed by atoms with van der Waals surface area (Å²) in [6.07, 6.45) is 2.01. The Balaban J connectivity index is 1.63. The lowest BCUT2D eigenvalue weighted by molar-refractivity contribution is 0.299. The molecule has 3 aromatic rings. The van der Waals surface area contributed by atoms with Crippen molar-refractivity contribution in [3.63, 3.8) is 0 Å². The van der Waals surface area contributed by atoms with Crippen LogP contribution in [0.15, 0.2) is 48.5 Å². The Morgan fingerprint density at radius 2 is 1.80 bits per heavy atom. The van der Waals surface area contributed by atoms with E-state index in [4.69, 9.17) is 9.72 Å². The molecule has 3 rings (SSSR count). The fourth-order valence-electron chi connectivity index (χ4n) is 3.01. The normalized spacial score (nSPS) is 11.4. The monoisotopic (exact) mass is 337 g/mol. The molecule has 0 aliphatic carbocycles. The smallest absolute Gasteiger partial charge is 0.124 e. The molecule has 0 saturated carbocycles. The van der Waals surface area contributed by atoms with E-state index in [0.717, 1.165) is 43.0 Å². The fourth-order valence-corrected chi connectivity index (χ4v) is 3.01. The van der Waals surface area contributed by atoms with Gasteiger partial charge in [-0.2, -0.15) is 0 Å². The number of imidazole rings is 1. The van der Waals surface area contributed by atoms with Crippen molar-refractivity contribution in [1.82, 2.24) is 14.5 Å². The summed E-state index contributed by atoms with van der Waals surface area (Å²) < 4.78 is 8.21. The van der Waals surface area contributed by atoms with Crippen LogP contribution in [0.25, 0.3) is 11.0 Å². The minimum atomic E-state index is 0.708. The van der Waals surface area contributed by atoms with Gasteiger partial charge in [0.1, 0.15) is 11.6 Å². The van der Waals surface area contributed by atoms with E-state index in [1.54, 1.807) is 0 Å². The summed E-state index contributed by atoms with van der Waals surface area (Å²) in [4.78, 5) is 6.95. The Morgan fingerprint density at radius 1 is 1.04 bits per heavy atom. The molecule has 4 heteroatoms. The largest absolute Gasteiger partial charge is 0.494 e. The molecule has 132 valence electrons. The molecule has 0 aliphatic rings. The zero-order chi connectivity index (χ0) is 17.6. The topological polar surface area (TPSA) is 30.3 Å². The van der Waals surface area contributed by atoms with Crippen molar-refractivity contribution in [1.29, 1.82) is 0 Å². The van der Waals surface area contributed by atoms with Crippen molar-refractivity contribution in [2.75, 3.05) is 20.7 Å². The second-order valence-electron chi connectivity index (χ2n) is 6.61. The molecule has 0 aliphatic heterocycles. The molecule has 0 N–H and O–H groups in total. The predicted molar refractivity (Wildman–Crippen MR) is 103 cm³/mol. The lowest BCUT2D eigenvalue weighted by Gasteiger charge is -2.13. The molecule has 1 heterocycles. The first-order chi connectivity index (χ1) is 12.2. The van der Waals surface area contributed by atoms with E-state index in [1.165, 1.54) is 11.1 Å². The van der Waals surface area contributed by atoms with Crippen molar-refractivity contribution < 1.29 is 4.74 Å². The Morgan fingerprint density at radius 3 is 2.52 bits per heavy atom. The SMILES string of the molecule is CCc1ccc(OCCCn2c(CN(C)C)nc3ccccc32)cc1. The molecule has 0 fully saturated rings. The maximum absolute atomic E-state index is 5.89. The van der Waals surface area contributed by atoms with Crippen LogP contribution in [0.4, 0.5) is 0 Å². The van der Waals surface area contributed by atoms with Gasteiger partial charge < -0.3 is 14.2 Å². The van der Waals surface area contributed by atoms with Gasteiger partial charge in [-0.15, -0.1) is 0 Å². The molecular weight excluding hydrogens is 310 g/mol. The number of aryl methyl sites for hydroxylation is 2. The molecule has 4 nitrogen and oxygen atoms in total. The van der Waals surface area contributed by atoms with Gasteiger partial charge in [0.05, 0.1) is 24.2 Å². The highest BCUT2D eigenvalue weighted by atomic mass is 16.5. The summed E-state index contributed by atoms with van der Waals surface area (Å²) in [7, 11) is 4.15. The highest BCUT2D eigenvalue weighted by molar-refractivity contribution is 5.75. The van der Waals surface area contributed by atoms with E-state index >= 15 is 0 Å². The molecule has 25 heavy (non-hydrogen) atoms. The van der Waals surface area contributed by atoms with Crippen molar-refractivity contribution in [2.24, 2.45) is 0 Å². The minimum absolute atomic E-state index is 0.708. The zero-order valence-corrected chi connectivity index (χ0v) is 15.4. The molecule has 0 amide bonds. The van der Waals surface area contributed by atoms with Gasteiger partial charge in [-0.3, -0.25) is 0 Å². The highest BCUT2D eigenvalue weighted by Crippen LogP contribution is 2.18. The molecule has 0 bridgehead atoms. The van der Waals surface area contributed by atoms with E-state index in [1.807, 2.05) is 6.07 Å². The average Bonchev–Trinajstić information content (AvgIpc) is 2.96. The van der Waals surface area contributed by atoms with Gasteiger partial charge in [0, 0.05) is 6.54 Å². The third-order valence-corrected chi connectivity index (χ3v) is 4.32. The summed E-state index contributed by atoms with van der Waals surface area (Å²) in [6.45, 7) is 4.63. The Bertz CT molecular complexity index is 806. The van der Waals surface area contributed by atoms with E-state index in [-0.39, 0.29) is 0 Å². The Labute approximate surface area is 150 Å². The summed E-state index contributed by atoms with van der Waals surface area (Å²) in [5, 5.41) is 0. The number of nitrogens with zero attached hydrogens (tertiary/aromatic N) is 3. The molecule has 2 aromatic carbocycles. The van der Waals surface area contributed by atoms with Crippen LogP contribution in [0.5, 0.6) is 5.75 Å². The van der Waals surface area contributed by atoms with Crippen LogP contribution in [-0.2, 0) is 19.5 Å². The van der Waals surface area contributed by atoms with Gasteiger partial charge in [-0.25, -0.2) is 4.98 Å². The minimum Gasteiger partial charge on any atom is -0.494 e. The summed E-state index contributed by atoms with van der Waals surface area (Å²) in [5.41, 5.74) is 3.60. The van der Waals surface area contributed by atoms with E-state index in [2.05, 4.69) is 73.0 Å². The van der Waals surface area contributed by atoms with Crippen LogP contribution in [0.1, 0.15) is 24.7 Å². The third kappa shape index (κ3) is 4.40. The van der Waals surface area contributed by atoms with Crippen LogP contribution in [0.2, 0.25) is 0 Å². The molecule has 0 unspecified atom stereocenters. The number of hydrogen-bond donors (Lipinski definition) is 0. The molecule has 0 saturated heterocycles. The predicted octanol–water partition coefficient (Wildman–Crippen LogP) is 4.13. The average molecular weight is 337 g/mol. The molecule has 0 spiro atoms. The van der Waals surface area contributed by atoms with Gasteiger partial charge in [0.15, 0.2) is 0 Å². The molecule has 0 radical (unpaired) electrons. The highest BCUT2D eigenvalue weighted by Gasteiger charge is 2.10. The number of ether oxygens (including phenoxy) is 1. The summed E-state index contributed by atoms with van der Waals surface area (Å²) >= 11 is 0. The number of rotatable bonds is 8. The summed E-state index contributed by atoms with van der Waals surface area (Å²) in [6, 6.07) is 16.7. The van der Waals surface area contributed by atoms with Crippen LogP contribution in [0, 0.1) is 0 Å². The van der Waals surface area contributed by atoms with E-state index < -0.39 is 0 Å². The maximum Gasteiger partial charge on any atom is 0.124 e. The molecule has 1 aromatic heterocycles. The number of para-hydroxylation sites is 2.